The second kappa shape index (κ2) is 9.35. The topological polar surface area (TPSA) is 76.1 Å². The third kappa shape index (κ3) is 4.64. The number of amides is 2. The van der Waals surface area contributed by atoms with Crippen molar-refractivity contribution in [1.82, 2.24) is 19.8 Å². The molecule has 2 amide bonds. The van der Waals surface area contributed by atoms with E-state index in [4.69, 9.17) is 0 Å². The number of para-hydroxylation sites is 1. The number of hydrogen-bond acceptors (Lipinski definition) is 7. The Morgan fingerprint density at radius 1 is 0.879 bits per heavy atom. The van der Waals surface area contributed by atoms with Crippen LogP contribution in [-0.2, 0) is 9.59 Å². The molecular weight excluding hydrogens is 418 g/mol. The summed E-state index contributed by atoms with van der Waals surface area (Å²) in [6.07, 6.45) is 1.93. The standard InChI is InChI=1S/C24H31N7O2/c1-27-7-9-28(10-8-27)21-16-22(26-18-25-21)29-11-13-30(14-12-29)24(33)19-15-23(32)31(17-19)20-5-3-2-4-6-20/h2-6,16,18-19H,7-15,17H2,1H3. The molecule has 9 heteroatoms. The zero-order valence-corrected chi connectivity index (χ0v) is 19.1. The van der Waals surface area contributed by atoms with E-state index in [9.17, 15) is 9.59 Å². The summed E-state index contributed by atoms with van der Waals surface area (Å²) in [6, 6.07) is 11.7. The van der Waals surface area contributed by atoms with Crippen molar-refractivity contribution in [3.8, 4) is 0 Å². The van der Waals surface area contributed by atoms with Crippen molar-refractivity contribution < 1.29 is 9.59 Å². The third-order valence-electron chi connectivity index (χ3n) is 6.92. The molecule has 5 rings (SSSR count). The van der Waals surface area contributed by atoms with Crippen molar-refractivity contribution in [2.45, 2.75) is 6.42 Å². The van der Waals surface area contributed by atoms with Gasteiger partial charge in [-0.05, 0) is 19.2 Å². The Morgan fingerprint density at radius 3 is 2.12 bits per heavy atom. The van der Waals surface area contributed by atoms with Gasteiger partial charge in [-0.3, -0.25) is 9.59 Å². The first-order valence-electron chi connectivity index (χ1n) is 11.7. The molecule has 2 aromatic rings. The van der Waals surface area contributed by atoms with Crippen LogP contribution < -0.4 is 14.7 Å². The number of piperazine rings is 2. The molecule has 3 fully saturated rings. The lowest BCUT2D eigenvalue weighted by atomic mass is 10.1. The third-order valence-corrected chi connectivity index (χ3v) is 6.92. The van der Waals surface area contributed by atoms with Crippen molar-refractivity contribution in [2.24, 2.45) is 5.92 Å². The lowest BCUT2D eigenvalue weighted by molar-refractivity contribution is -0.136. The maximum absolute atomic E-state index is 13.1. The molecule has 1 unspecified atom stereocenters. The summed E-state index contributed by atoms with van der Waals surface area (Å²) in [7, 11) is 2.14. The Morgan fingerprint density at radius 2 is 1.48 bits per heavy atom. The van der Waals surface area contributed by atoms with E-state index < -0.39 is 0 Å². The van der Waals surface area contributed by atoms with E-state index in [2.05, 4.69) is 37.8 Å². The van der Waals surface area contributed by atoms with E-state index in [0.717, 1.165) is 56.6 Å². The van der Waals surface area contributed by atoms with Gasteiger partial charge in [0.15, 0.2) is 0 Å². The molecule has 3 aliphatic rings. The molecule has 9 nitrogen and oxygen atoms in total. The predicted molar refractivity (Wildman–Crippen MR) is 127 cm³/mol. The van der Waals surface area contributed by atoms with Crippen LogP contribution in [0.2, 0.25) is 0 Å². The second-order valence-corrected chi connectivity index (χ2v) is 9.08. The maximum atomic E-state index is 13.1. The fourth-order valence-electron chi connectivity index (χ4n) is 4.86. The maximum Gasteiger partial charge on any atom is 0.228 e. The lowest BCUT2D eigenvalue weighted by Gasteiger charge is -2.37. The molecule has 174 valence electrons. The Balaban J connectivity index is 1.17. The Hall–Kier alpha value is -3.20. The van der Waals surface area contributed by atoms with E-state index >= 15 is 0 Å². The number of anilines is 3. The molecule has 0 saturated carbocycles. The van der Waals surface area contributed by atoms with Gasteiger partial charge in [-0.25, -0.2) is 9.97 Å². The first kappa shape index (κ1) is 21.6. The number of rotatable bonds is 4. The smallest absolute Gasteiger partial charge is 0.228 e. The lowest BCUT2D eigenvalue weighted by Crippen LogP contribution is -2.51. The number of nitrogens with zero attached hydrogens (tertiary/aromatic N) is 7. The fraction of sp³-hybridized carbons (Fsp3) is 0.500. The van der Waals surface area contributed by atoms with Gasteiger partial charge in [0.2, 0.25) is 11.8 Å². The van der Waals surface area contributed by atoms with Crippen LogP contribution >= 0.6 is 0 Å². The Kier molecular flexibility index (Phi) is 6.13. The number of likely N-dealkylation sites (N-methyl/N-ethyl adjacent to an activating group) is 1. The molecule has 0 bridgehead atoms. The first-order chi connectivity index (χ1) is 16.1. The van der Waals surface area contributed by atoms with Gasteiger partial charge in [-0.1, -0.05) is 18.2 Å². The second-order valence-electron chi connectivity index (χ2n) is 9.08. The molecule has 1 aromatic carbocycles. The SMILES string of the molecule is CN1CCN(c2cc(N3CCN(C(=O)C4CC(=O)N(c5ccccc5)C4)CC3)ncn2)CC1. The first-order valence-corrected chi connectivity index (χ1v) is 11.7. The fourth-order valence-corrected chi connectivity index (χ4v) is 4.86. The van der Waals surface area contributed by atoms with Gasteiger partial charge >= 0.3 is 0 Å². The summed E-state index contributed by atoms with van der Waals surface area (Å²) in [5.74, 6) is 1.72. The van der Waals surface area contributed by atoms with E-state index in [-0.39, 0.29) is 24.2 Å². The van der Waals surface area contributed by atoms with E-state index in [0.29, 0.717) is 19.6 Å². The highest BCUT2D eigenvalue weighted by Gasteiger charge is 2.38. The summed E-state index contributed by atoms with van der Waals surface area (Å²) in [5.41, 5.74) is 0.863. The number of hydrogen-bond donors (Lipinski definition) is 0. The van der Waals surface area contributed by atoms with Gasteiger partial charge < -0.3 is 24.5 Å². The summed E-state index contributed by atoms with van der Waals surface area (Å²) in [5, 5.41) is 0. The van der Waals surface area contributed by atoms with Gasteiger partial charge in [-0.2, -0.15) is 0 Å². The average Bonchev–Trinajstić information content (AvgIpc) is 3.26. The minimum Gasteiger partial charge on any atom is -0.354 e. The quantitative estimate of drug-likeness (QED) is 0.687. The number of carbonyl (C=O) groups excluding carboxylic acids is 2. The molecule has 3 saturated heterocycles. The molecule has 0 aliphatic carbocycles. The van der Waals surface area contributed by atoms with E-state index in [1.807, 2.05) is 35.2 Å². The summed E-state index contributed by atoms with van der Waals surface area (Å²) in [4.78, 5) is 45.1. The molecule has 0 spiro atoms. The normalized spacial score (nSPS) is 22.2. The summed E-state index contributed by atoms with van der Waals surface area (Å²) < 4.78 is 0. The van der Waals surface area contributed by atoms with Crippen LogP contribution in [0.1, 0.15) is 6.42 Å². The van der Waals surface area contributed by atoms with Gasteiger partial charge in [0.05, 0.1) is 5.92 Å². The number of benzene rings is 1. The highest BCUT2D eigenvalue weighted by molar-refractivity contribution is 6.00. The predicted octanol–water partition coefficient (Wildman–Crippen LogP) is 0.930. The molecule has 1 aromatic heterocycles. The molecule has 33 heavy (non-hydrogen) atoms. The minimum atomic E-state index is -0.271. The van der Waals surface area contributed by atoms with E-state index in [1.165, 1.54) is 0 Å². The van der Waals surface area contributed by atoms with Crippen LogP contribution in [0.3, 0.4) is 0 Å². The molecule has 3 aliphatic heterocycles. The van der Waals surface area contributed by atoms with Crippen molar-refractivity contribution >= 4 is 29.1 Å². The van der Waals surface area contributed by atoms with Crippen molar-refractivity contribution in [3.05, 3.63) is 42.7 Å². The molecular formula is C24H31N7O2. The number of carbonyl (C=O) groups is 2. The van der Waals surface area contributed by atoms with Crippen LogP contribution in [0, 0.1) is 5.92 Å². The molecule has 0 N–H and O–H groups in total. The van der Waals surface area contributed by atoms with Gasteiger partial charge in [0, 0.05) is 77.1 Å². The zero-order chi connectivity index (χ0) is 22.8. The van der Waals surface area contributed by atoms with Crippen LogP contribution in [0.25, 0.3) is 0 Å². The highest BCUT2D eigenvalue weighted by atomic mass is 16.2. The van der Waals surface area contributed by atoms with Gasteiger partial charge in [0.25, 0.3) is 0 Å². The Labute approximate surface area is 194 Å². The van der Waals surface area contributed by atoms with Gasteiger partial charge in [0.1, 0.15) is 18.0 Å². The van der Waals surface area contributed by atoms with Crippen LogP contribution in [0.5, 0.6) is 0 Å². The molecule has 4 heterocycles. The van der Waals surface area contributed by atoms with Crippen molar-refractivity contribution in [3.63, 3.8) is 0 Å². The Bertz CT molecular complexity index is 985. The highest BCUT2D eigenvalue weighted by Crippen LogP contribution is 2.27. The average molecular weight is 450 g/mol. The zero-order valence-electron chi connectivity index (χ0n) is 19.1. The van der Waals surface area contributed by atoms with Crippen LogP contribution in [-0.4, -0.2) is 97.5 Å². The molecule has 1 atom stereocenters. The number of aromatic nitrogens is 2. The summed E-state index contributed by atoms with van der Waals surface area (Å²) >= 11 is 0. The van der Waals surface area contributed by atoms with Gasteiger partial charge in [-0.15, -0.1) is 0 Å². The summed E-state index contributed by atoms with van der Waals surface area (Å²) in [6.45, 7) is 7.21. The molecule has 0 radical (unpaired) electrons. The van der Waals surface area contributed by atoms with Crippen LogP contribution in [0.4, 0.5) is 17.3 Å². The van der Waals surface area contributed by atoms with Crippen molar-refractivity contribution in [2.75, 3.05) is 80.7 Å². The minimum absolute atomic E-state index is 0.0237. The largest absolute Gasteiger partial charge is 0.354 e. The monoisotopic (exact) mass is 449 g/mol. The van der Waals surface area contributed by atoms with Crippen LogP contribution in [0.15, 0.2) is 42.7 Å². The van der Waals surface area contributed by atoms with Crippen molar-refractivity contribution in [1.29, 1.82) is 0 Å². The van der Waals surface area contributed by atoms with E-state index in [1.54, 1.807) is 11.2 Å².